The molecule has 1 unspecified atom stereocenters. The van der Waals surface area contributed by atoms with Crippen LogP contribution >= 0.6 is 0 Å². The lowest BCUT2D eigenvalue weighted by Gasteiger charge is -2.35. The van der Waals surface area contributed by atoms with Crippen LogP contribution in [0, 0.1) is 11.3 Å². The molecular formula is C29H28N6O5. The lowest BCUT2D eigenvalue weighted by molar-refractivity contribution is -0.139. The summed E-state index contributed by atoms with van der Waals surface area (Å²) in [5, 5.41) is 17.3. The van der Waals surface area contributed by atoms with E-state index in [2.05, 4.69) is 16.5 Å². The number of nitrogens with two attached hydrogens (primary N) is 1. The summed E-state index contributed by atoms with van der Waals surface area (Å²) in [5.74, 6) is -2.93. The monoisotopic (exact) mass is 540 g/mol. The Hall–Kier alpha value is -5.37. The first-order valence-electron chi connectivity index (χ1n) is 12.3. The van der Waals surface area contributed by atoms with Gasteiger partial charge < -0.3 is 20.5 Å². The second-order valence-corrected chi connectivity index (χ2v) is 9.13. The first-order valence-corrected chi connectivity index (χ1v) is 12.3. The van der Waals surface area contributed by atoms with E-state index in [0.29, 0.717) is 16.9 Å². The van der Waals surface area contributed by atoms with Gasteiger partial charge in [-0.05, 0) is 49.7 Å². The average Bonchev–Trinajstić information content (AvgIpc) is 3.46. The van der Waals surface area contributed by atoms with E-state index in [9.17, 15) is 19.6 Å². The number of allylic oxidation sites excluding steroid dienone is 1. The third-order valence-corrected chi connectivity index (χ3v) is 6.22. The molecule has 1 amide bonds. The molecule has 2 aromatic carbocycles. The van der Waals surface area contributed by atoms with Crippen molar-refractivity contribution >= 4 is 23.5 Å². The van der Waals surface area contributed by atoms with Crippen LogP contribution in [0.2, 0.25) is 0 Å². The minimum absolute atomic E-state index is 0.0354. The highest BCUT2D eigenvalue weighted by Crippen LogP contribution is 2.43. The Morgan fingerprint density at radius 2 is 1.60 bits per heavy atom. The third-order valence-electron chi connectivity index (χ3n) is 6.22. The number of esters is 2. The first-order chi connectivity index (χ1) is 19.2. The molecule has 0 radical (unpaired) electrons. The van der Waals surface area contributed by atoms with Gasteiger partial charge in [-0.2, -0.15) is 10.4 Å². The molecule has 1 aromatic heterocycles. The number of carbonyl (C=O) groups is 3. The normalized spacial score (nSPS) is 15.1. The van der Waals surface area contributed by atoms with Crippen molar-refractivity contribution in [2.75, 3.05) is 19.1 Å². The molecule has 0 aliphatic carbocycles. The van der Waals surface area contributed by atoms with E-state index in [1.54, 1.807) is 66.9 Å². The predicted octanol–water partition coefficient (Wildman–Crippen LogP) is 2.91. The first kappa shape index (κ1) is 27.7. The molecule has 0 saturated heterocycles. The maximum atomic E-state index is 13.2. The van der Waals surface area contributed by atoms with Crippen LogP contribution in [0.4, 0.5) is 5.69 Å². The number of benzene rings is 2. The van der Waals surface area contributed by atoms with Gasteiger partial charge in [-0.1, -0.05) is 30.3 Å². The van der Waals surface area contributed by atoms with Gasteiger partial charge in [0, 0.05) is 17.9 Å². The van der Waals surface area contributed by atoms with Crippen LogP contribution in [0.25, 0.3) is 5.69 Å². The van der Waals surface area contributed by atoms with Crippen molar-refractivity contribution in [2.24, 2.45) is 5.73 Å². The maximum Gasteiger partial charge on any atom is 0.355 e. The lowest BCUT2D eigenvalue weighted by Crippen LogP contribution is -2.40. The molecule has 1 aliphatic rings. The Morgan fingerprint density at radius 1 is 0.975 bits per heavy atom. The topological polar surface area (TPSA) is 153 Å². The quantitative estimate of drug-likeness (QED) is 0.431. The number of anilines is 1. The minimum atomic E-state index is -0.956. The Morgan fingerprint density at radius 3 is 2.17 bits per heavy atom. The second kappa shape index (κ2) is 11.6. The molecular weight excluding hydrogens is 512 g/mol. The van der Waals surface area contributed by atoms with Crippen molar-refractivity contribution in [3.8, 4) is 11.8 Å². The molecule has 1 atom stereocenters. The van der Waals surface area contributed by atoms with Gasteiger partial charge in [-0.15, -0.1) is 0 Å². The number of nitrogens with one attached hydrogen (secondary N) is 1. The number of aromatic nitrogens is 2. The van der Waals surface area contributed by atoms with E-state index >= 15 is 0 Å². The number of hydrogen-bond acceptors (Lipinski definition) is 9. The number of ether oxygens (including phenoxy) is 2. The molecule has 3 N–H and O–H groups in total. The van der Waals surface area contributed by atoms with Crippen molar-refractivity contribution in [3.05, 3.63) is 101 Å². The minimum Gasteiger partial charge on any atom is -0.466 e. The molecule has 3 aromatic rings. The fraction of sp³-hybridized carbons (Fsp3) is 0.207. The second-order valence-electron chi connectivity index (χ2n) is 9.13. The Bertz CT molecular complexity index is 1550. The number of amides is 1. The van der Waals surface area contributed by atoms with Gasteiger partial charge in [-0.3, -0.25) is 9.69 Å². The highest BCUT2D eigenvalue weighted by Gasteiger charge is 2.42. The highest BCUT2D eigenvalue weighted by atomic mass is 16.5. The molecule has 0 fully saturated rings. The van der Waals surface area contributed by atoms with Crippen molar-refractivity contribution in [1.29, 1.82) is 5.26 Å². The lowest BCUT2D eigenvalue weighted by atomic mass is 9.81. The van der Waals surface area contributed by atoms with Crippen LogP contribution < -0.4 is 16.0 Å². The van der Waals surface area contributed by atoms with Crippen LogP contribution in [-0.2, 0) is 19.1 Å². The molecule has 11 nitrogen and oxygen atoms in total. The largest absolute Gasteiger partial charge is 0.466 e. The van der Waals surface area contributed by atoms with Crippen LogP contribution in [0.3, 0.4) is 0 Å². The van der Waals surface area contributed by atoms with Crippen molar-refractivity contribution < 1.29 is 23.9 Å². The zero-order valence-electron chi connectivity index (χ0n) is 22.4. The summed E-state index contributed by atoms with van der Waals surface area (Å²) < 4.78 is 11.6. The molecule has 0 saturated carbocycles. The zero-order valence-corrected chi connectivity index (χ0v) is 22.4. The van der Waals surface area contributed by atoms with E-state index < -0.39 is 17.9 Å². The van der Waals surface area contributed by atoms with Crippen molar-refractivity contribution in [2.45, 2.75) is 25.8 Å². The van der Waals surface area contributed by atoms with E-state index in [0.717, 1.165) is 0 Å². The summed E-state index contributed by atoms with van der Waals surface area (Å²) in [6.45, 7) is 3.72. The molecule has 11 heteroatoms. The van der Waals surface area contributed by atoms with E-state index in [1.807, 2.05) is 13.8 Å². The van der Waals surface area contributed by atoms with Gasteiger partial charge in [0.2, 0.25) is 0 Å². The summed E-state index contributed by atoms with van der Waals surface area (Å²) in [5.41, 5.74) is 8.18. The van der Waals surface area contributed by atoms with Crippen LogP contribution in [-0.4, -0.2) is 47.9 Å². The smallest absolute Gasteiger partial charge is 0.355 e. The van der Waals surface area contributed by atoms with Crippen LogP contribution in [0.15, 0.2) is 89.5 Å². The molecule has 40 heavy (non-hydrogen) atoms. The molecule has 204 valence electrons. The average molecular weight is 541 g/mol. The van der Waals surface area contributed by atoms with Gasteiger partial charge >= 0.3 is 11.9 Å². The van der Waals surface area contributed by atoms with Gasteiger partial charge in [0.25, 0.3) is 5.91 Å². The third kappa shape index (κ3) is 5.15. The fourth-order valence-corrected chi connectivity index (χ4v) is 4.46. The number of methoxy groups -OCH3 is 2. The number of nitriles is 1. The van der Waals surface area contributed by atoms with Gasteiger partial charge in [0.1, 0.15) is 11.5 Å². The van der Waals surface area contributed by atoms with E-state index in [4.69, 9.17) is 15.2 Å². The van der Waals surface area contributed by atoms with Crippen molar-refractivity contribution in [1.82, 2.24) is 15.1 Å². The standard InChI is InChI=1S/C29H28N6O5/c1-17(2)32-27(36)22-14-15-34(33-22)19-10-12-20(13-11-19)35-25(29(38)40-4)24(28(37)39-3)23(21(16-30)26(35)31)18-8-6-5-7-9-18/h5-15,17,23H,31H2,1-4H3,(H,32,36). The number of carbonyl (C=O) groups excluding carboxylic acids is 3. The highest BCUT2D eigenvalue weighted by molar-refractivity contribution is 6.06. The zero-order chi connectivity index (χ0) is 29.0. The van der Waals surface area contributed by atoms with Crippen LogP contribution in [0.1, 0.15) is 35.8 Å². The summed E-state index contributed by atoms with van der Waals surface area (Å²) in [6.07, 6.45) is 1.65. The van der Waals surface area contributed by atoms with Gasteiger partial charge in [-0.25, -0.2) is 14.3 Å². The Labute approximate surface area is 231 Å². The summed E-state index contributed by atoms with van der Waals surface area (Å²) in [4.78, 5) is 40.0. The van der Waals surface area contributed by atoms with E-state index in [1.165, 1.54) is 23.8 Å². The fourth-order valence-electron chi connectivity index (χ4n) is 4.46. The molecule has 1 aliphatic heterocycles. The number of nitrogens with zero attached hydrogens (tertiary/aromatic N) is 4. The molecule has 0 bridgehead atoms. The van der Waals surface area contributed by atoms with Crippen LogP contribution in [0.5, 0.6) is 0 Å². The number of hydrogen-bond donors (Lipinski definition) is 2. The molecule has 0 spiro atoms. The summed E-state index contributed by atoms with van der Waals surface area (Å²) in [7, 11) is 2.38. The molecule has 4 rings (SSSR count). The Balaban J connectivity index is 1.83. The van der Waals surface area contributed by atoms with Crippen molar-refractivity contribution in [3.63, 3.8) is 0 Å². The molecule has 2 heterocycles. The predicted molar refractivity (Wildman–Crippen MR) is 146 cm³/mol. The maximum absolute atomic E-state index is 13.2. The summed E-state index contributed by atoms with van der Waals surface area (Å²) >= 11 is 0. The number of rotatable bonds is 7. The van der Waals surface area contributed by atoms with Gasteiger partial charge in [0.05, 0.1) is 43.0 Å². The van der Waals surface area contributed by atoms with E-state index in [-0.39, 0.29) is 40.3 Å². The Kier molecular flexibility index (Phi) is 8.00. The SMILES string of the molecule is COC(=O)C1=C(C(=O)OC)N(c2ccc(-n3ccc(C(=O)NC(C)C)n3)cc2)C(N)=C(C#N)C1c1ccccc1. The summed E-state index contributed by atoms with van der Waals surface area (Å²) in [6, 6.07) is 19.1. The van der Waals surface area contributed by atoms with Gasteiger partial charge in [0.15, 0.2) is 5.69 Å².